The van der Waals surface area contributed by atoms with Crippen molar-refractivity contribution >= 4 is 11.9 Å². The van der Waals surface area contributed by atoms with Crippen LogP contribution in [0.15, 0.2) is 0 Å². The number of amides is 1. The Bertz CT molecular complexity index is 356. The van der Waals surface area contributed by atoms with Gasteiger partial charge < -0.3 is 37.2 Å². The standard InChI is InChI=1S/C14H28N2O5.ClH/c1-14(2,10-17)12(19)13(20)15-7-6-11(18)21-9-8-16(3,4)5;/h12,17,19H,6-10H2,1-5H3;1H/t12-;/m0./s1. The van der Waals surface area contributed by atoms with Crippen molar-refractivity contribution in [2.75, 3.05) is 47.4 Å². The average Bonchev–Trinajstić information content (AvgIpc) is 2.36. The lowest BCUT2D eigenvalue weighted by atomic mass is 9.87. The molecule has 0 rings (SSSR count). The zero-order valence-corrected chi connectivity index (χ0v) is 14.8. The fraction of sp³-hybridized carbons (Fsp3) is 0.857. The van der Waals surface area contributed by atoms with Crippen molar-refractivity contribution in [1.82, 2.24) is 5.32 Å². The van der Waals surface area contributed by atoms with Gasteiger partial charge in [0.1, 0.15) is 19.3 Å². The third-order valence-corrected chi connectivity index (χ3v) is 3.05. The van der Waals surface area contributed by atoms with Crippen molar-refractivity contribution in [3.63, 3.8) is 0 Å². The summed E-state index contributed by atoms with van der Waals surface area (Å²) in [6.45, 7) is 3.99. The molecule has 0 aliphatic carbocycles. The number of nitrogens with one attached hydrogen (secondary N) is 1. The van der Waals surface area contributed by atoms with Crippen LogP contribution in [-0.2, 0) is 14.3 Å². The molecule has 0 saturated carbocycles. The summed E-state index contributed by atoms with van der Waals surface area (Å²) in [5, 5.41) is 21.3. The van der Waals surface area contributed by atoms with E-state index in [0.717, 1.165) is 0 Å². The third-order valence-electron chi connectivity index (χ3n) is 3.05. The zero-order valence-electron chi connectivity index (χ0n) is 14.1. The summed E-state index contributed by atoms with van der Waals surface area (Å²) >= 11 is 0. The van der Waals surface area contributed by atoms with E-state index in [2.05, 4.69) is 5.32 Å². The number of nitrogens with zero attached hydrogens (tertiary/aromatic N) is 1. The number of likely N-dealkylation sites (N-methyl/N-ethyl adjacent to an activating group) is 1. The van der Waals surface area contributed by atoms with E-state index in [9.17, 15) is 14.7 Å². The maximum atomic E-state index is 11.6. The van der Waals surface area contributed by atoms with Gasteiger partial charge in [0.2, 0.25) is 5.91 Å². The minimum absolute atomic E-state index is 0. The van der Waals surface area contributed by atoms with Crippen LogP contribution in [0, 0.1) is 5.41 Å². The molecule has 8 heteroatoms. The molecule has 0 aromatic rings. The lowest BCUT2D eigenvalue weighted by Crippen LogP contribution is -3.00. The molecule has 0 unspecified atom stereocenters. The lowest BCUT2D eigenvalue weighted by Gasteiger charge is -2.27. The Labute approximate surface area is 138 Å². The number of ether oxygens (including phenoxy) is 1. The molecule has 1 atom stereocenters. The number of hydrogen-bond acceptors (Lipinski definition) is 5. The maximum absolute atomic E-state index is 11.6. The fourth-order valence-electron chi connectivity index (χ4n) is 1.33. The Morgan fingerprint density at radius 3 is 2.27 bits per heavy atom. The molecule has 0 spiro atoms. The summed E-state index contributed by atoms with van der Waals surface area (Å²) in [6.07, 6.45) is -1.27. The lowest BCUT2D eigenvalue weighted by molar-refractivity contribution is -0.870. The van der Waals surface area contributed by atoms with E-state index in [0.29, 0.717) is 17.6 Å². The largest absolute Gasteiger partial charge is 1.00 e. The van der Waals surface area contributed by atoms with Crippen molar-refractivity contribution in [3.05, 3.63) is 0 Å². The number of hydrogen-bond donors (Lipinski definition) is 3. The summed E-state index contributed by atoms with van der Waals surface area (Å²) in [7, 11) is 6.00. The SMILES string of the molecule is CC(C)(CO)[C@@H](O)C(=O)NCCC(=O)OCC[N+](C)(C)C.[Cl-]. The van der Waals surface area contributed by atoms with E-state index in [-0.39, 0.29) is 37.9 Å². The highest BCUT2D eigenvalue weighted by atomic mass is 35.5. The summed E-state index contributed by atoms with van der Waals surface area (Å²) in [6, 6.07) is 0. The van der Waals surface area contributed by atoms with Crippen LogP contribution in [0.2, 0.25) is 0 Å². The number of quaternary nitrogens is 1. The normalized spacial score (nSPS) is 13.0. The van der Waals surface area contributed by atoms with E-state index in [4.69, 9.17) is 9.84 Å². The fourth-order valence-corrected chi connectivity index (χ4v) is 1.33. The van der Waals surface area contributed by atoms with Gasteiger partial charge in [0, 0.05) is 12.0 Å². The van der Waals surface area contributed by atoms with Crippen molar-refractivity contribution in [2.24, 2.45) is 5.41 Å². The molecule has 0 aliphatic heterocycles. The molecule has 7 nitrogen and oxygen atoms in total. The van der Waals surface area contributed by atoms with E-state index >= 15 is 0 Å². The molecule has 1 amide bonds. The zero-order chi connectivity index (χ0) is 16.7. The van der Waals surface area contributed by atoms with E-state index in [1.165, 1.54) is 0 Å². The smallest absolute Gasteiger partial charge is 0.307 e. The average molecular weight is 341 g/mol. The van der Waals surface area contributed by atoms with Crippen molar-refractivity contribution < 1.29 is 41.4 Å². The molecule has 0 heterocycles. The van der Waals surface area contributed by atoms with Gasteiger partial charge in [-0.2, -0.15) is 0 Å². The molecule has 0 saturated heterocycles. The van der Waals surface area contributed by atoms with Crippen LogP contribution < -0.4 is 17.7 Å². The topological polar surface area (TPSA) is 95.9 Å². The van der Waals surface area contributed by atoms with Crippen LogP contribution in [0.5, 0.6) is 0 Å². The second-order valence-corrected chi connectivity index (χ2v) is 6.82. The first-order valence-electron chi connectivity index (χ1n) is 7.02. The van der Waals surface area contributed by atoms with Gasteiger partial charge in [-0.3, -0.25) is 9.59 Å². The van der Waals surface area contributed by atoms with Gasteiger partial charge in [0.15, 0.2) is 0 Å². The first-order valence-corrected chi connectivity index (χ1v) is 7.02. The highest BCUT2D eigenvalue weighted by Crippen LogP contribution is 2.19. The van der Waals surface area contributed by atoms with Gasteiger partial charge in [-0.1, -0.05) is 13.8 Å². The van der Waals surface area contributed by atoms with Crippen LogP contribution in [0.25, 0.3) is 0 Å². The predicted molar refractivity (Wildman–Crippen MR) is 78.4 cm³/mol. The molecular weight excluding hydrogens is 312 g/mol. The second-order valence-electron chi connectivity index (χ2n) is 6.82. The molecule has 0 aromatic carbocycles. The maximum Gasteiger partial charge on any atom is 0.307 e. The van der Waals surface area contributed by atoms with Gasteiger partial charge in [0.05, 0.1) is 34.2 Å². The summed E-state index contributed by atoms with van der Waals surface area (Å²) in [5.74, 6) is -0.993. The summed E-state index contributed by atoms with van der Waals surface area (Å²) in [5.41, 5.74) is -0.921. The van der Waals surface area contributed by atoms with Crippen molar-refractivity contribution in [1.29, 1.82) is 0 Å². The molecule has 22 heavy (non-hydrogen) atoms. The number of carbonyl (C=O) groups excluding carboxylic acids is 2. The molecule has 0 radical (unpaired) electrons. The number of esters is 1. The van der Waals surface area contributed by atoms with Gasteiger partial charge in [-0.25, -0.2) is 0 Å². The Balaban J connectivity index is 0. The molecule has 3 N–H and O–H groups in total. The Kier molecular flexibility index (Phi) is 10.6. The number of rotatable bonds is 9. The van der Waals surface area contributed by atoms with E-state index < -0.39 is 17.4 Å². The Morgan fingerprint density at radius 2 is 1.82 bits per heavy atom. The van der Waals surface area contributed by atoms with E-state index in [1.54, 1.807) is 13.8 Å². The highest BCUT2D eigenvalue weighted by molar-refractivity contribution is 5.81. The minimum atomic E-state index is -1.32. The first-order chi connectivity index (χ1) is 9.49. The van der Waals surface area contributed by atoms with Crippen LogP contribution >= 0.6 is 0 Å². The predicted octanol–water partition coefficient (Wildman–Crippen LogP) is -3.87. The minimum Gasteiger partial charge on any atom is -1.00 e. The summed E-state index contributed by atoms with van der Waals surface area (Å²) < 4.78 is 5.74. The monoisotopic (exact) mass is 340 g/mol. The highest BCUT2D eigenvalue weighted by Gasteiger charge is 2.32. The van der Waals surface area contributed by atoms with Crippen LogP contribution in [0.1, 0.15) is 20.3 Å². The number of carbonyl (C=O) groups is 2. The third kappa shape index (κ3) is 9.94. The molecule has 132 valence electrons. The quantitative estimate of drug-likeness (QED) is 0.295. The van der Waals surface area contributed by atoms with Crippen molar-refractivity contribution in [3.8, 4) is 0 Å². The van der Waals surface area contributed by atoms with Crippen LogP contribution in [0.4, 0.5) is 0 Å². The number of halogens is 1. The molecule has 0 aliphatic rings. The Hall–Kier alpha value is -0.890. The van der Waals surface area contributed by atoms with Crippen LogP contribution in [-0.4, -0.2) is 80.1 Å². The first kappa shape index (κ1) is 23.4. The molecule has 0 bridgehead atoms. The van der Waals surface area contributed by atoms with Gasteiger partial charge in [-0.05, 0) is 0 Å². The number of aliphatic hydroxyl groups is 2. The molecular formula is C14H29ClN2O5. The summed E-state index contributed by atoms with van der Waals surface area (Å²) in [4.78, 5) is 23.1. The Morgan fingerprint density at radius 1 is 1.27 bits per heavy atom. The second kappa shape index (κ2) is 9.99. The van der Waals surface area contributed by atoms with Gasteiger partial charge in [-0.15, -0.1) is 0 Å². The number of aliphatic hydroxyl groups excluding tert-OH is 2. The van der Waals surface area contributed by atoms with Crippen molar-refractivity contribution in [2.45, 2.75) is 26.4 Å². The molecule has 0 aromatic heterocycles. The molecule has 0 fully saturated rings. The van der Waals surface area contributed by atoms with Gasteiger partial charge >= 0.3 is 5.97 Å². The van der Waals surface area contributed by atoms with Gasteiger partial charge in [0.25, 0.3) is 0 Å². The van der Waals surface area contributed by atoms with E-state index in [1.807, 2.05) is 21.1 Å². The van der Waals surface area contributed by atoms with Crippen LogP contribution in [0.3, 0.4) is 0 Å².